The Hall–Kier alpha value is -2.16. The summed E-state index contributed by atoms with van der Waals surface area (Å²) in [4.78, 5) is 21.3. The Balaban J connectivity index is 3.14. The van der Waals surface area contributed by atoms with E-state index < -0.39 is 33.0 Å². The van der Waals surface area contributed by atoms with Crippen LogP contribution in [0.4, 0.5) is 3.89 Å². The summed E-state index contributed by atoms with van der Waals surface area (Å²) in [6.07, 6.45) is -0.193. The number of hydrogen-bond acceptors (Lipinski definition) is 5. The number of carbonyl (C=O) groups excluding carboxylic acids is 1. The monoisotopic (exact) mass is 319 g/mol. The first-order chi connectivity index (χ1) is 9.65. The molecule has 1 unspecified atom stereocenters. The minimum absolute atomic E-state index is 0.187. The molecule has 2 N–H and O–H groups in total. The second kappa shape index (κ2) is 6.53. The van der Waals surface area contributed by atoms with Gasteiger partial charge in [0.15, 0.2) is 0 Å². The highest BCUT2D eigenvalue weighted by Gasteiger charge is 2.23. The molecule has 0 aromatic heterocycles. The molecule has 1 aromatic rings. The van der Waals surface area contributed by atoms with Crippen LogP contribution < -0.4 is 10.1 Å². The molecular formula is C12H14FNO6S. The molecule has 0 radical (unpaired) electrons. The molecule has 9 heteroatoms. The Kier molecular flexibility index (Phi) is 5.25. The average Bonchev–Trinajstić information content (AvgIpc) is 2.36. The minimum Gasteiger partial charge on any atom is -0.495 e. The molecule has 1 rings (SSSR count). The molecule has 7 nitrogen and oxygen atoms in total. The lowest BCUT2D eigenvalue weighted by molar-refractivity contribution is -0.141. The fraction of sp³-hybridized carbons (Fsp3) is 0.333. The van der Waals surface area contributed by atoms with Crippen molar-refractivity contribution >= 4 is 22.1 Å². The molecule has 116 valence electrons. The second-order valence-electron chi connectivity index (χ2n) is 4.22. The summed E-state index contributed by atoms with van der Waals surface area (Å²) in [6, 6.07) is 2.34. The first-order valence-electron chi connectivity index (χ1n) is 5.76. The fourth-order valence-corrected chi connectivity index (χ4v) is 2.40. The molecule has 0 spiro atoms. The van der Waals surface area contributed by atoms with Gasteiger partial charge in [0.1, 0.15) is 16.7 Å². The number of carboxylic acid groups (broad SMARTS) is 1. The van der Waals surface area contributed by atoms with Gasteiger partial charge < -0.3 is 15.2 Å². The number of benzene rings is 1. The van der Waals surface area contributed by atoms with E-state index in [2.05, 4.69) is 5.32 Å². The Labute approximate surface area is 120 Å². The lowest BCUT2D eigenvalue weighted by Crippen LogP contribution is -2.41. The first-order valence-corrected chi connectivity index (χ1v) is 7.15. The van der Waals surface area contributed by atoms with Gasteiger partial charge in [0, 0.05) is 13.3 Å². The SMILES string of the molecule is COc1ccc(CC(NC(C)=O)C(=O)O)cc1S(=O)(=O)F. The number of amides is 1. The number of methoxy groups -OCH3 is 1. The van der Waals surface area contributed by atoms with Gasteiger partial charge >= 0.3 is 16.2 Å². The Bertz CT molecular complexity index is 658. The number of hydrogen-bond donors (Lipinski definition) is 2. The van der Waals surface area contributed by atoms with Gasteiger partial charge in [-0.3, -0.25) is 4.79 Å². The third kappa shape index (κ3) is 4.71. The van der Waals surface area contributed by atoms with Crippen LogP contribution in [0.1, 0.15) is 12.5 Å². The molecule has 1 aromatic carbocycles. The van der Waals surface area contributed by atoms with Crippen molar-refractivity contribution in [2.24, 2.45) is 0 Å². The summed E-state index contributed by atoms with van der Waals surface area (Å²) in [5.41, 5.74) is 0.230. The normalized spacial score (nSPS) is 12.5. The van der Waals surface area contributed by atoms with Crippen molar-refractivity contribution in [1.29, 1.82) is 0 Å². The van der Waals surface area contributed by atoms with Gasteiger partial charge in [0.2, 0.25) is 5.91 Å². The highest BCUT2D eigenvalue weighted by Crippen LogP contribution is 2.27. The van der Waals surface area contributed by atoms with E-state index in [-0.39, 0.29) is 17.7 Å². The summed E-state index contributed by atoms with van der Waals surface area (Å²) in [7, 11) is -3.83. The minimum atomic E-state index is -5.01. The van der Waals surface area contributed by atoms with Gasteiger partial charge in [-0.15, -0.1) is 3.89 Å². The molecule has 21 heavy (non-hydrogen) atoms. The standard InChI is InChI=1S/C12H14FNO6S/c1-7(15)14-9(12(16)17)5-8-3-4-10(20-2)11(6-8)21(13,18)19/h3-4,6,9H,5H2,1-2H3,(H,14,15)(H,16,17). The van der Waals surface area contributed by atoms with Crippen molar-refractivity contribution in [2.45, 2.75) is 24.3 Å². The van der Waals surface area contributed by atoms with Crippen molar-refractivity contribution in [3.05, 3.63) is 23.8 Å². The van der Waals surface area contributed by atoms with E-state index in [1.807, 2.05) is 0 Å². The van der Waals surface area contributed by atoms with Gasteiger partial charge in [-0.2, -0.15) is 8.42 Å². The largest absolute Gasteiger partial charge is 0.495 e. The molecule has 0 saturated carbocycles. The maximum absolute atomic E-state index is 13.2. The molecule has 0 fully saturated rings. The van der Waals surface area contributed by atoms with Crippen LogP contribution in [-0.2, 0) is 26.2 Å². The summed E-state index contributed by atoms with van der Waals surface area (Å²) >= 11 is 0. The van der Waals surface area contributed by atoms with Crippen LogP contribution in [0.15, 0.2) is 23.1 Å². The summed E-state index contributed by atoms with van der Waals surface area (Å²) in [6.45, 7) is 1.15. The van der Waals surface area contributed by atoms with E-state index in [0.717, 1.165) is 13.0 Å². The maximum atomic E-state index is 13.2. The van der Waals surface area contributed by atoms with Gasteiger partial charge in [0.05, 0.1) is 7.11 Å². The smallest absolute Gasteiger partial charge is 0.335 e. The van der Waals surface area contributed by atoms with Crippen LogP contribution in [-0.4, -0.2) is 38.6 Å². The average molecular weight is 319 g/mol. The van der Waals surface area contributed by atoms with Crippen molar-refractivity contribution < 1.29 is 31.7 Å². The van der Waals surface area contributed by atoms with Crippen LogP contribution in [0.5, 0.6) is 5.75 Å². The summed E-state index contributed by atoms with van der Waals surface area (Å²) in [5, 5.41) is 11.2. The zero-order chi connectivity index (χ0) is 16.2. The molecule has 1 amide bonds. The number of carboxylic acids is 1. The maximum Gasteiger partial charge on any atom is 0.335 e. The van der Waals surface area contributed by atoms with Gasteiger partial charge in [-0.05, 0) is 17.7 Å². The van der Waals surface area contributed by atoms with Crippen LogP contribution in [0, 0.1) is 0 Å². The van der Waals surface area contributed by atoms with E-state index in [1.54, 1.807) is 0 Å². The fourth-order valence-electron chi connectivity index (χ4n) is 1.72. The van der Waals surface area contributed by atoms with Crippen LogP contribution in [0.3, 0.4) is 0 Å². The number of ether oxygens (including phenoxy) is 1. The molecular weight excluding hydrogens is 305 g/mol. The molecule has 0 aliphatic heterocycles. The summed E-state index contributed by atoms with van der Waals surface area (Å²) < 4.78 is 40.0. The predicted molar refractivity (Wildman–Crippen MR) is 70.2 cm³/mol. The molecule has 0 aliphatic carbocycles. The van der Waals surface area contributed by atoms with E-state index in [4.69, 9.17) is 9.84 Å². The predicted octanol–water partition coefficient (Wildman–Crippen LogP) is 0.485. The number of nitrogens with one attached hydrogen (secondary N) is 1. The van der Waals surface area contributed by atoms with Gasteiger partial charge in [-0.25, -0.2) is 4.79 Å². The van der Waals surface area contributed by atoms with Crippen molar-refractivity contribution in [2.75, 3.05) is 7.11 Å². The molecule has 0 bridgehead atoms. The Morgan fingerprint density at radius 3 is 2.48 bits per heavy atom. The van der Waals surface area contributed by atoms with E-state index >= 15 is 0 Å². The van der Waals surface area contributed by atoms with Crippen LogP contribution in [0.25, 0.3) is 0 Å². The van der Waals surface area contributed by atoms with Crippen molar-refractivity contribution in [3.8, 4) is 5.75 Å². The van der Waals surface area contributed by atoms with Gasteiger partial charge in [-0.1, -0.05) is 6.07 Å². The number of rotatable bonds is 6. The molecule has 0 saturated heterocycles. The van der Waals surface area contributed by atoms with Crippen LogP contribution >= 0.6 is 0 Å². The van der Waals surface area contributed by atoms with E-state index in [0.29, 0.717) is 0 Å². The summed E-state index contributed by atoms with van der Waals surface area (Å²) in [5.74, 6) is -2.02. The Morgan fingerprint density at radius 2 is 2.05 bits per heavy atom. The van der Waals surface area contributed by atoms with E-state index in [1.165, 1.54) is 19.2 Å². The van der Waals surface area contributed by atoms with Crippen molar-refractivity contribution in [3.63, 3.8) is 0 Å². The topological polar surface area (TPSA) is 110 Å². The number of aliphatic carboxylic acids is 1. The zero-order valence-electron chi connectivity index (χ0n) is 11.3. The lowest BCUT2D eigenvalue weighted by Gasteiger charge is -2.14. The number of halogens is 1. The second-order valence-corrected chi connectivity index (χ2v) is 5.53. The molecule has 1 atom stereocenters. The first kappa shape index (κ1) is 16.9. The van der Waals surface area contributed by atoms with Gasteiger partial charge in [0.25, 0.3) is 0 Å². The third-order valence-electron chi connectivity index (χ3n) is 2.61. The third-order valence-corrected chi connectivity index (χ3v) is 3.45. The molecule has 0 heterocycles. The number of carbonyl (C=O) groups is 2. The quantitative estimate of drug-likeness (QED) is 0.738. The lowest BCUT2D eigenvalue weighted by atomic mass is 10.1. The van der Waals surface area contributed by atoms with Crippen molar-refractivity contribution in [1.82, 2.24) is 5.32 Å². The molecule has 0 aliphatic rings. The van der Waals surface area contributed by atoms with E-state index in [9.17, 15) is 21.9 Å². The highest BCUT2D eigenvalue weighted by molar-refractivity contribution is 7.86. The van der Waals surface area contributed by atoms with Crippen LogP contribution in [0.2, 0.25) is 0 Å². The zero-order valence-corrected chi connectivity index (χ0v) is 12.1. The highest BCUT2D eigenvalue weighted by atomic mass is 32.3. The Morgan fingerprint density at radius 1 is 1.43 bits per heavy atom.